The number of hydrogen-bond acceptors (Lipinski definition) is 3. The van der Waals surface area contributed by atoms with Gasteiger partial charge in [-0.15, -0.1) is 12.4 Å². The third-order valence-corrected chi connectivity index (χ3v) is 4.34. The first-order chi connectivity index (χ1) is 11.2. The van der Waals surface area contributed by atoms with E-state index in [4.69, 9.17) is 4.74 Å². The van der Waals surface area contributed by atoms with Crippen molar-refractivity contribution in [2.45, 2.75) is 32.4 Å². The molecule has 0 bridgehead atoms. The van der Waals surface area contributed by atoms with E-state index in [0.29, 0.717) is 5.56 Å². The second kappa shape index (κ2) is 8.86. The number of nitrogens with zero attached hydrogens (tertiary/aromatic N) is 1. The first kappa shape index (κ1) is 18.5. The Morgan fingerprint density at radius 2 is 1.67 bits per heavy atom. The molecular formula is C20H24ClNO2. The Kier molecular flexibility index (Phi) is 6.83. The van der Waals surface area contributed by atoms with Crippen LogP contribution in [0.4, 0.5) is 0 Å². The van der Waals surface area contributed by atoms with E-state index < -0.39 is 0 Å². The second-order valence-corrected chi connectivity index (χ2v) is 6.23. The zero-order valence-corrected chi connectivity index (χ0v) is 14.8. The summed E-state index contributed by atoms with van der Waals surface area (Å²) >= 11 is 0. The lowest BCUT2D eigenvalue weighted by Gasteiger charge is -2.31. The summed E-state index contributed by atoms with van der Waals surface area (Å²) in [5.74, 6) is -0.202. The van der Waals surface area contributed by atoms with Crippen molar-refractivity contribution >= 4 is 18.4 Å². The molecule has 1 aliphatic heterocycles. The van der Waals surface area contributed by atoms with Crippen LogP contribution in [0.2, 0.25) is 0 Å². The maximum Gasteiger partial charge on any atom is 0.338 e. The number of aryl methyl sites for hydroxylation is 1. The normalized spacial score (nSPS) is 15.5. The molecule has 3 nitrogen and oxygen atoms in total. The van der Waals surface area contributed by atoms with Crippen LogP contribution in [0.25, 0.3) is 0 Å². The highest BCUT2D eigenvalue weighted by molar-refractivity contribution is 5.89. The Labute approximate surface area is 150 Å². The lowest BCUT2D eigenvalue weighted by molar-refractivity contribution is 0.0104. The van der Waals surface area contributed by atoms with Gasteiger partial charge >= 0.3 is 5.97 Å². The minimum atomic E-state index is -0.202. The lowest BCUT2D eigenvalue weighted by atomic mass is 10.1. The molecule has 1 saturated heterocycles. The van der Waals surface area contributed by atoms with E-state index in [1.807, 2.05) is 37.3 Å². The van der Waals surface area contributed by atoms with Gasteiger partial charge in [-0.3, -0.25) is 4.90 Å². The molecule has 0 unspecified atom stereocenters. The zero-order chi connectivity index (χ0) is 16.1. The van der Waals surface area contributed by atoms with Crippen LogP contribution in [-0.4, -0.2) is 30.1 Å². The van der Waals surface area contributed by atoms with Gasteiger partial charge in [-0.05, 0) is 37.5 Å². The van der Waals surface area contributed by atoms with Crippen molar-refractivity contribution in [2.75, 3.05) is 13.1 Å². The first-order valence-electron chi connectivity index (χ1n) is 8.24. The highest BCUT2D eigenvalue weighted by atomic mass is 35.5. The number of likely N-dealkylation sites (tertiary alicyclic amines) is 1. The Hall–Kier alpha value is -1.84. The average molecular weight is 346 g/mol. The Morgan fingerprint density at radius 1 is 1.04 bits per heavy atom. The summed E-state index contributed by atoms with van der Waals surface area (Å²) in [6.07, 6.45) is 1.85. The fraction of sp³-hybridized carbons (Fsp3) is 0.350. The molecule has 1 aliphatic rings. The number of benzene rings is 2. The van der Waals surface area contributed by atoms with Gasteiger partial charge in [0.05, 0.1) is 5.56 Å². The smallest absolute Gasteiger partial charge is 0.338 e. The molecule has 0 aliphatic carbocycles. The summed E-state index contributed by atoms with van der Waals surface area (Å²) in [5, 5.41) is 0. The number of rotatable bonds is 4. The molecule has 0 radical (unpaired) electrons. The molecule has 0 saturated carbocycles. The molecule has 1 heterocycles. The summed E-state index contributed by atoms with van der Waals surface area (Å²) in [7, 11) is 0. The SMILES string of the molecule is Cc1ccc(C(=O)OC2CCN(Cc3ccccc3)CC2)cc1.Cl. The second-order valence-electron chi connectivity index (χ2n) is 6.23. The highest BCUT2D eigenvalue weighted by Crippen LogP contribution is 2.18. The molecule has 0 N–H and O–H groups in total. The Bertz CT molecular complexity index is 634. The van der Waals surface area contributed by atoms with Crippen molar-refractivity contribution in [2.24, 2.45) is 0 Å². The number of halogens is 1. The fourth-order valence-electron chi connectivity index (χ4n) is 2.94. The third kappa shape index (κ3) is 5.08. The molecule has 3 rings (SSSR count). The van der Waals surface area contributed by atoms with Crippen LogP contribution in [0, 0.1) is 6.92 Å². The van der Waals surface area contributed by atoms with Gasteiger partial charge < -0.3 is 4.74 Å². The van der Waals surface area contributed by atoms with Gasteiger partial charge in [-0.25, -0.2) is 4.79 Å². The standard InChI is InChI=1S/C20H23NO2.ClH/c1-16-7-9-18(10-8-16)20(22)23-19-11-13-21(14-12-19)15-17-5-3-2-4-6-17;/h2-10,19H,11-15H2,1H3;1H. The van der Waals surface area contributed by atoms with Gasteiger partial charge in [-0.1, -0.05) is 48.0 Å². The number of carbonyl (C=O) groups excluding carboxylic acids is 1. The predicted molar refractivity (Wildman–Crippen MR) is 98.6 cm³/mol. The minimum Gasteiger partial charge on any atom is -0.459 e. The van der Waals surface area contributed by atoms with Crippen LogP contribution in [0.15, 0.2) is 54.6 Å². The lowest BCUT2D eigenvalue weighted by Crippen LogP contribution is -2.37. The van der Waals surface area contributed by atoms with Crippen molar-refractivity contribution in [1.29, 1.82) is 0 Å². The summed E-state index contributed by atoms with van der Waals surface area (Å²) in [5.41, 5.74) is 3.13. The minimum absolute atomic E-state index is 0. The summed E-state index contributed by atoms with van der Waals surface area (Å²) < 4.78 is 5.65. The van der Waals surface area contributed by atoms with E-state index in [0.717, 1.165) is 38.0 Å². The average Bonchev–Trinajstić information content (AvgIpc) is 2.58. The van der Waals surface area contributed by atoms with Crippen molar-refractivity contribution in [3.63, 3.8) is 0 Å². The largest absolute Gasteiger partial charge is 0.459 e. The third-order valence-electron chi connectivity index (χ3n) is 4.34. The molecule has 1 fully saturated rings. The van der Waals surface area contributed by atoms with E-state index in [-0.39, 0.29) is 24.5 Å². The van der Waals surface area contributed by atoms with Crippen LogP contribution in [-0.2, 0) is 11.3 Å². The van der Waals surface area contributed by atoms with Crippen LogP contribution in [0.5, 0.6) is 0 Å². The quantitative estimate of drug-likeness (QED) is 0.776. The zero-order valence-electron chi connectivity index (χ0n) is 14.0. The van der Waals surface area contributed by atoms with Gasteiger partial charge in [0.15, 0.2) is 0 Å². The molecule has 2 aromatic rings. The van der Waals surface area contributed by atoms with Gasteiger partial charge in [0, 0.05) is 19.6 Å². The van der Waals surface area contributed by atoms with E-state index in [1.165, 1.54) is 5.56 Å². The monoisotopic (exact) mass is 345 g/mol. The molecule has 128 valence electrons. The van der Waals surface area contributed by atoms with Gasteiger partial charge in [-0.2, -0.15) is 0 Å². The van der Waals surface area contributed by atoms with Crippen molar-refractivity contribution in [3.05, 3.63) is 71.3 Å². The molecule has 2 aromatic carbocycles. The number of carbonyl (C=O) groups is 1. The molecule has 0 spiro atoms. The fourth-order valence-corrected chi connectivity index (χ4v) is 2.94. The topological polar surface area (TPSA) is 29.5 Å². The summed E-state index contributed by atoms with van der Waals surface area (Å²) in [6.45, 7) is 4.93. The number of hydrogen-bond donors (Lipinski definition) is 0. The summed E-state index contributed by atoms with van der Waals surface area (Å²) in [4.78, 5) is 14.6. The van der Waals surface area contributed by atoms with Crippen molar-refractivity contribution < 1.29 is 9.53 Å². The van der Waals surface area contributed by atoms with E-state index >= 15 is 0 Å². The van der Waals surface area contributed by atoms with Gasteiger partial charge in [0.25, 0.3) is 0 Å². The molecule has 0 amide bonds. The molecule has 0 aromatic heterocycles. The Balaban J connectivity index is 0.00000208. The molecule has 0 atom stereocenters. The van der Waals surface area contributed by atoms with Gasteiger partial charge in [0.1, 0.15) is 6.10 Å². The number of piperidine rings is 1. The van der Waals surface area contributed by atoms with Crippen LogP contribution < -0.4 is 0 Å². The van der Waals surface area contributed by atoms with E-state index in [9.17, 15) is 4.79 Å². The predicted octanol–water partition coefficient (Wildman–Crippen LogP) is 4.24. The molecule has 4 heteroatoms. The van der Waals surface area contributed by atoms with Crippen LogP contribution >= 0.6 is 12.4 Å². The first-order valence-corrected chi connectivity index (χ1v) is 8.24. The van der Waals surface area contributed by atoms with Gasteiger partial charge in [0.2, 0.25) is 0 Å². The highest BCUT2D eigenvalue weighted by Gasteiger charge is 2.22. The van der Waals surface area contributed by atoms with Crippen LogP contribution in [0.3, 0.4) is 0 Å². The molecular weight excluding hydrogens is 322 g/mol. The number of ether oxygens (including phenoxy) is 1. The maximum absolute atomic E-state index is 12.2. The van der Waals surface area contributed by atoms with Crippen molar-refractivity contribution in [1.82, 2.24) is 4.90 Å². The Morgan fingerprint density at radius 3 is 2.29 bits per heavy atom. The van der Waals surface area contributed by atoms with E-state index in [2.05, 4.69) is 29.2 Å². The van der Waals surface area contributed by atoms with E-state index in [1.54, 1.807) is 0 Å². The number of esters is 1. The molecule has 24 heavy (non-hydrogen) atoms. The van der Waals surface area contributed by atoms with Crippen molar-refractivity contribution in [3.8, 4) is 0 Å². The maximum atomic E-state index is 12.2. The van der Waals surface area contributed by atoms with Crippen LogP contribution in [0.1, 0.15) is 34.3 Å². The summed E-state index contributed by atoms with van der Waals surface area (Å²) in [6, 6.07) is 18.1.